The fourth-order valence-corrected chi connectivity index (χ4v) is 2.11. The van der Waals surface area contributed by atoms with Crippen molar-refractivity contribution in [3.63, 3.8) is 0 Å². The quantitative estimate of drug-likeness (QED) is 0.765. The maximum atomic E-state index is 9.06. The van der Waals surface area contributed by atoms with Gasteiger partial charge in [-0.3, -0.25) is 4.90 Å². The zero-order valence-corrected chi connectivity index (χ0v) is 9.86. The third-order valence-corrected chi connectivity index (χ3v) is 3.17. The van der Waals surface area contributed by atoms with Gasteiger partial charge in [-0.2, -0.15) is 5.26 Å². The minimum Gasteiger partial charge on any atom is -0.444 e. The summed E-state index contributed by atoms with van der Waals surface area (Å²) < 4.78 is 5.55. The number of oxazole rings is 1. The van der Waals surface area contributed by atoms with Gasteiger partial charge in [-0.1, -0.05) is 0 Å². The Balaban J connectivity index is 2.05. The van der Waals surface area contributed by atoms with E-state index in [4.69, 9.17) is 9.68 Å². The minimum atomic E-state index is 0.0289. The van der Waals surface area contributed by atoms with Gasteiger partial charge in [0.2, 0.25) is 5.89 Å². The molecule has 1 atom stereocenters. The monoisotopic (exact) mass is 219 g/mol. The summed E-state index contributed by atoms with van der Waals surface area (Å²) >= 11 is 0. The van der Waals surface area contributed by atoms with Crippen LogP contribution in [0.15, 0.2) is 4.42 Å². The van der Waals surface area contributed by atoms with Gasteiger partial charge in [0.1, 0.15) is 5.76 Å². The van der Waals surface area contributed by atoms with Crippen LogP contribution in [0.2, 0.25) is 0 Å². The van der Waals surface area contributed by atoms with E-state index in [1.165, 1.54) is 0 Å². The van der Waals surface area contributed by atoms with Crippen molar-refractivity contribution in [2.24, 2.45) is 0 Å². The van der Waals surface area contributed by atoms with Gasteiger partial charge in [-0.25, -0.2) is 4.98 Å². The van der Waals surface area contributed by atoms with Crippen molar-refractivity contribution in [1.29, 1.82) is 5.26 Å². The van der Waals surface area contributed by atoms with E-state index in [9.17, 15) is 0 Å². The fourth-order valence-electron chi connectivity index (χ4n) is 2.11. The normalized spacial score (nSPS) is 21.9. The SMILES string of the molecule is Cc1nc(CN2CCCCC2C#N)oc1C. The molecule has 0 bridgehead atoms. The molecule has 0 saturated carbocycles. The Bertz CT molecular complexity index is 385. The van der Waals surface area contributed by atoms with Gasteiger partial charge >= 0.3 is 0 Å². The summed E-state index contributed by atoms with van der Waals surface area (Å²) in [5, 5.41) is 9.06. The Morgan fingerprint density at radius 3 is 2.94 bits per heavy atom. The number of piperidine rings is 1. The highest BCUT2D eigenvalue weighted by Gasteiger charge is 2.23. The molecule has 4 nitrogen and oxygen atoms in total. The van der Waals surface area contributed by atoms with Crippen LogP contribution in [-0.2, 0) is 6.54 Å². The van der Waals surface area contributed by atoms with Crippen molar-refractivity contribution in [2.45, 2.75) is 45.7 Å². The van der Waals surface area contributed by atoms with E-state index in [2.05, 4.69) is 16.0 Å². The fraction of sp³-hybridized carbons (Fsp3) is 0.667. The molecule has 0 amide bonds. The van der Waals surface area contributed by atoms with Crippen molar-refractivity contribution in [1.82, 2.24) is 9.88 Å². The van der Waals surface area contributed by atoms with E-state index in [0.717, 1.165) is 43.2 Å². The Morgan fingerprint density at radius 2 is 2.31 bits per heavy atom. The van der Waals surface area contributed by atoms with Crippen LogP contribution in [0, 0.1) is 25.2 Å². The smallest absolute Gasteiger partial charge is 0.208 e. The van der Waals surface area contributed by atoms with Crippen LogP contribution in [0.3, 0.4) is 0 Å². The summed E-state index contributed by atoms with van der Waals surface area (Å²) in [6.07, 6.45) is 3.28. The van der Waals surface area contributed by atoms with Crippen LogP contribution >= 0.6 is 0 Å². The summed E-state index contributed by atoms with van der Waals surface area (Å²) in [7, 11) is 0. The van der Waals surface area contributed by atoms with Crippen LogP contribution in [0.4, 0.5) is 0 Å². The molecule has 0 aromatic carbocycles. The van der Waals surface area contributed by atoms with E-state index in [-0.39, 0.29) is 6.04 Å². The molecule has 16 heavy (non-hydrogen) atoms. The second-order valence-electron chi connectivity index (χ2n) is 4.36. The molecule has 1 aliphatic heterocycles. The zero-order chi connectivity index (χ0) is 11.5. The van der Waals surface area contributed by atoms with E-state index in [1.54, 1.807) is 0 Å². The van der Waals surface area contributed by atoms with Crippen molar-refractivity contribution >= 4 is 0 Å². The van der Waals surface area contributed by atoms with E-state index < -0.39 is 0 Å². The molecule has 2 heterocycles. The number of nitriles is 1. The van der Waals surface area contributed by atoms with Gasteiger partial charge in [0.05, 0.1) is 24.3 Å². The first-order chi connectivity index (χ1) is 7.70. The first kappa shape index (κ1) is 11.2. The average Bonchev–Trinajstić information content (AvgIpc) is 2.59. The Hall–Kier alpha value is -1.34. The molecular weight excluding hydrogens is 202 g/mol. The molecule has 1 saturated heterocycles. The van der Waals surface area contributed by atoms with Gasteiger partial charge in [0.25, 0.3) is 0 Å². The number of aromatic nitrogens is 1. The maximum Gasteiger partial charge on any atom is 0.208 e. The Morgan fingerprint density at radius 1 is 1.50 bits per heavy atom. The molecule has 0 aliphatic carbocycles. The highest BCUT2D eigenvalue weighted by molar-refractivity contribution is 5.06. The maximum absolute atomic E-state index is 9.06. The summed E-state index contributed by atoms with van der Waals surface area (Å²) in [5.74, 6) is 1.61. The Labute approximate surface area is 95.9 Å². The lowest BCUT2D eigenvalue weighted by Gasteiger charge is -2.29. The lowest BCUT2D eigenvalue weighted by molar-refractivity contribution is 0.160. The predicted octanol–water partition coefficient (Wildman–Crippen LogP) is 2.17. The zero-order valence-electron chi connectivity index (χ0n) is 9.86. The van der Waals surface area contributed by atoms with Crippen molar-refractivity contribution < 1.29 is 4.42 Å². The van der Waals surface area contributed by atoms with Gasteiger partial charge < -0.3 is 4.42 Å². The summed E-state index contributed by atoms with van der Waals surface area (Å²) in [5.41, 5.74) is 0.945. The van der Waals surface area contributed by atoms with Crippen molar-refractivity contribution in [3.8, 4) is 6.07 Å². The van der Waals surface area contributed by atoms with Gasteiger partial charge in [-0.15, -0.1) is 0 Å². The molecule has 1 unspecified atom stereocenters. The number of rotatable bonds is 2. The summed E-state index contributed by atoms with van der Waals surface area (Å²) in [6.45, 7) is 5.50. The third kappa shape index (κ3) is 2.25. The van der Waals surface area contributed by atoms with Crippen LogP contribution < -0.4 is 0 Å². The van der Waals surface area contributed by atoms with Gasteiger partial charge in [-0.05, 0) is 39.7 Å². The molecule has 0 spiro atoms. The number of likely N-dealkylation sites (tertiary alicyclic amines) is 1. The van der Waals surface area contributed by atoms with Crippen molar-refractivity contribution in [2.75, 3.05) is 6.54 Å². The number of aryl methyl sites for hydroxylation is 2. The largest absolute Gasteiger partial charge is 0.444 e. The van der Waals surface area contributed by atoms with E-state index in [1.807, 2.05) is 13.8 Å². The molecular formula is C12H17N3O. The minimum absolute atomic E-state index is 0.0289. The topological polar surface area (TPSA) is 53.1 Å². The first-order valence-corrected chi connectivity index (χ1v) is 5.77. The lowest BCUT2D eigenvalue weighted by atomic mass is 10.0. The van der Waals surface area contributed by atoms with Crippen LogP contribution in [-0.4, -0.2) is 22.5 Å². The lowest BCUT2D eigenvalue weighted by Crippen LogP contribution is -2.37. The second kappa shape index (κ2) is 4.67. The summed E-state index contributed by atoms with van der Waals surface area (Å²) in [6, 6.07) is 2.38. The number of hydrogen-bond donors (Lipinski definition) is 0. The molecule has 86 valence electrons. The highest BCUT2D eigenvalue weighted by atomic mass is 16.4. The highest BCUT2D eigenvalue weighted by Crippen LogP contribution is 2.19. The van der Waals surface area contributed by atoms with Crippen LogP contribution in [0.1, 0.15) is 36.6 Å². The van der Waals surface area contributed by atoms with Gasteiger partial charge in [0, 0.05) is 0 Å². The van der Waals surface area contributed by atoms with E-state index >= 15 is 0 Å². The van der Waals surface area contributed by atoms with Crippen LogP contribution in [0.25, 0.3) is 0 Å². The molecule has 1 aromatic heterocycles. The average molecular weight is 219 g/mol. The first-order valence-electron chi connectivity index (χ1n) is 5.77. The predicted molar refractivity (Wildman–Crippen MR) is 59.6 cm³/mol. The molecule has 1 aromatic rings. The van der Waals surface area contributed by atoms with Crippen molar-refractivity contribution in [3.05, 3.63) is 17.3 Å². The number of hydrogen-bond acceptors (Lipinski definition) is 4. The standard InChI is InChI=1S/C12H17N3O/c1-9-10(2)16-12(14-9)8-15-6-4-3-5-11(15)7-13/h11H,3-6,8H2,1-2H3. The molecule has 1 fully saturated rings. The third-order valence-electron chi connectivity index (χ3n) is 3.17. The molecule has 1 aliphatic rings. The van der Waals surface area contributed by atoms with E-state index in [0.29, 0.717) is 6.54 Å². The van der Waals surface area contributed by atoms with Gasteiger partial charge in [0.15, 0.2) is 0 Å². The number of nitrogens with zero attached hydrogens (tertiary/aromatic N) is 3. The molecule has 0 radical (unpaired) electrons. The second-order valence-corrected chi connectivity index (χ2v) is 4.36. The molecule has 4 heteroatoms. The Kier molecular flexibility index (Phi) is 3.25. The molecule has 2 rings (SSSR count). The summed E-state index contributed by atoms with van der Waals surface area (Å²) in [4.78, 5) is 6.52. The molecule has 0 N–H and O–H groups in total. The van der Waals surface area contributed by atoms with Crippen LogP contribution in [0.5, 0.6) is 0 Å².